The fourth-order valence-corrected chi connectivity index (χ4v) is 4.36. The standard InChI is InChI=1S/C27H19ClFNO4/c1-3-11-33-19-6-4-5-16(12-19)24-23-25(31)20-13-17(29)8-10-22(20)34-26(23)27(32)30(24)18-9-7-15(2)21(28)14-18/h3-10,12-14,24H,1,11H2,2H3. The van der Waals surface area contributed by atoms with Crippen molar-refractivity contribution in [3.05, 3.63) is 117 Å². The van der Waals surface area contributed by atoms with Crippen molar-refractivity contribution < 1.29 is 18.3 Å². The summed E-state index contributed by atoms with van der Waals surface area (Å²) in [5.41, 5.74) is 1.80. The molecule has 2 heterocycles. The van der Waals surface area contributed by atoms with E-state index in [4.69, 9.17) is 20.8 Å². The van der Waals surface area contributed by atoms with Crippen LogP contribution >= 0.6 is 11.6 Å². The first-order chi connectivity index (χ1) is 16.4. The van der Waals surface area contributed by atoms with Gasteiger partial charge in [-0.1, -0.05) is 42.5 Å². The third-order valence-corrected chi connectivity index (χ3v) is 6.21. The van der Waals surface area contributed by atoms with E-state index in [1.54, 1.807) is 48.5 Å². The van der Waals surface area contributed by atoms with Crippen molar-refractivity contribution in [2.24, 2.45) is 0 Å². The number of carbonyl (C=O) groups is 1. The molecule has 1 aliphatic rings. The zero-order valence-corrected chi connectivity index (χ0v) is 18.9. The average molecular weight is 476 g/mol. The number of hydrogen-bond donors (Lipinski definition) is 0. The van der Waals surface area contributed by atoms with Gasteiger partial charge < -0.3 is 9.15 Å². The summed E-state index contributed by atoms with van der Waals surface area (Å²) in [5, 5.41) is 0.550. The molecule has 0 fully saturated rings. The van der Waals surface area contributed by atoms with Crippen molar-refractivity contribution in [3.8, 4) is 5.75 Å². The summed E-state index contributed by atoms with van der Waals surface area (Å²) in [7, 11) is 0. The number of fused-ring (bicyclic) bond motifs is 2. The summed E-state index contributed by atoms with van der Waals surface area (Å²) in [4.78, 5) is 28.7. The number of nitrogens with zero attached hydrogens (tertiary/aromatic N) is 1. The van der Waals surface area contributed by atoms with Crippen LogP contribution in [-0.2, 0) is 0 Å². The van der Waals surface area contributed by atoms with Gasteiger partial charge in [0.15, 0.2) is 5.43 Å². The lowest BCUT2D eigenvalue weighted by Gasteiger charge is -2.26. The van der Waals surface area contributed by atoms with E-state index in [1.165, 1.54) is 17.0 Å². The first-order valence-electron chi connectivity index (χ1n) is 10.6. The topological polar surface area (TPSA) is 59.8 Å². The second-order valence-electron chi connectivity index (χ2n) is 8.00. The molecule has 34 heavy (non-hydrogen) atoms. The molecule has 0 N–H and O–H groups in total. The van der Waals surface area contributed by atoms with Crippen LogP contribution in [0.3, 0.4) is 0 Å². The summed E-state index contributed by atoms with van der Waals surface area (Å²) < 4.78 is 25.5. The molecule has 1 unspecified atom stereocenters. The van der Waals surface area contributed by atoms with E-state index >= 15 is 0 Å². The van der Waals surface area contributed by atoms with Crippen LogP contribution in [0.1, 0.15) is 33.3 Å². The van der Waals surface area contributed by atoms with Crippen LogP contribution in [0.25, 0.3) is 11.0 Å². The summed E-state index contributed by atoms with van der Waals surface area (Å²) in [6, 6.07) is 15.2. The van der Waals surface area contributed by atoms with Crippen molar-refractivity contribution in [1.82, 2.24) is 0 Å². The highest BCUT2D eigenvalue weighted by molar-refractivity contribution is 6.31. The van der Waals surface area contributed by atoms with Gasteiger partial charge in [0.2, 0.25) is 5.76 Å². The fraction of sp³-hybridized carbons (Fsp3) is 0.111. The lowest BCUT2D eigenvalue weighted by molar-refractivity contribution is 0.0971. The number of rotatable bonds is 5. The number of carbonyl (C=O) groups excluding carboxylic acids is 1. The van der Waals surface area contributed by atoms with E-state index in [1.807, 2.05) is 6.92 Å². The molecule has 1 atom stereocenters. The number of hydrogen-bond acceptors (Lipinski definition) is 4. The number of aryl methyl sites for hydroxylation is 1. The Morgan fingerprint density at radius 1 is 1.15 bits per heavy atom. The molecular weight excluding hydrogens is 457 g/mol. The van der Waals surface area contributed by atoms with Crippen molar-refractivity contribution in [1.29, 1.82) is 0 Å². The Labute approximate surface area is 199 Å². The van der Waals surface area contributed by atoms with Gasteiger partial charge in [0.25, 0.3) is 5.91 Å². The molecule has 0 radical (unpaired) electrons. The molecule has 3 aromatic carbocycles. The number of ether oxygens (including phenoxy) is 1. The second kappa shape index (κ2) is 8.47. The van der Waals surface area contributed by atoms with E-state index < -0.39 is 23.2 Å². The molecule has 4 aromatic rings. The highest BCUT2D eigenvalue weighted by Crippen LogP contribution is 2.42. The van der Waals surface area contributed by atoms with Crippen LogP contribution in [0.15, 0.2) is 82.5 Å². The van der Waals surface area contributed by atoms with E-state index in [-0.39, 0.29) is 22.3 Å². The predicted octanol–water partition coefficient (Wildman–Crippen LogP) is 6.21. The first-order valence-corrected chi connectivity index (χ1v) is 11.0. The van der Waals surface area contributed by atoms with Gasteiger partial charge in [-0.25, -0.2) is 4.39 Å². The normalized spacial score (nSPS) is 15.0. The molecular formula is C27H19ClFNO4. The minimum atomic E-state index is -0.822. The third kappa shape index (κ3) is 3.56. The van der Waals surface area contributed by atoms with Crippen LogP contribution in [0, 0.1) is 12.7 Å². The van der Waals surface area contributed by atoms with Crippen LogP contribution in [0.2, 0.25) is 5.02 Å². The smallest absolute Gasteiger partial charge is 0.295 e. The molecule has 5 rings (SSSR count). The van der Waals surface area contributed by atoms with Gasteiger partial charge in [0.1, 0.15) is 23.8 Å². The van der Waals surface area contributed by atoms with Crippen LogP contribution in [0.5, 0.6) is 5.75 Å². The summed E-state index contributed by atoms with van der Waals surface area (Å²) in [6.07, 6.45) is 1.62. The number of anilines is 1. The highest BCUT2D eigenvalue weighted by Gasteiger charge is 2.44. The van der Waals surface area contributed by atoms with E-state index in [0.717, 1.165) is 11.6 Å². The maximum atomic E-state index is 14.0. The second-order valence-corrected chi connectivity index (χ2v) is 8.41. The Morgan fingerprint density at radius 3 is 2.74 bits per heavy atom. The zero-order chi connectivity index (χ0) is 24.0. The van der Waals surface area contributed by atoms with E-state index in [9.17, 15) is 14.0 Å². The number of benzene rings is 3. The fourth-order valence-electron chi connectivity index (χ4n) is 4.19. The monoisotopic (exact) mass is 475 g/mol. The highest BCUT2D eigenvalue weighted by atomic mass is 35.5. The Morgan fingerprint density at radius 2 is 1.97 bits per heavy atom. The quantitative estimate of drug-likeness (QED) is 0.322. The third-order valence-electron chi connectivity index (χ3n) is 5.81. The van der Waals surface area contributed by atoms with Gasteiger partial charge >= 0.3 is 0 Å². The van der Waals surface area contributed by atoms with E-state index in [2.05, 4.69) is 6.58 Å². The summed E-state index contributed by atoms with van der Waals surface area (Å²) in [5.74, 6) is -0.581. The molecule has 7 heteroatoms. The largest absolute Gasteiger partial charge is 0.490 e. The Hall–Kier alpha value is -3.90. The molecule has 0 aliphatic carbocycles. The molecule has 0 saturated carbocycles. The van der Waals surface area contributed by atoms with Crippen molar-refractivity contribution in [2.45, 2.75) is 13.0 Å². The maximum absolute atomic E-state index is 14.0. The minimum absolute atomic E-state index is 0.0689. The van der Waals surface area contributed by atoms with Crippen LogP contribution < -0.4 is 15.1 Å². The van der Waals surface area contributed by atoms with Gasteiger partial charge in [-0.05, 0) is 60.5 Å². The molecule has 170 valence electrons. The van der Waals surface area contributed by atoms with Crippen LogP contribution in [-0.4, -0.2) is 12.5 Å². The molecule has 0 bridgehead atoms. The predicted molar refractivity (Wildman–Crippen MR) is 129 cm³/mol. The first kappa shape index (κ1) is 21.9. The van der Waals surface area contributed by atoms with Crippen molar-refractivity contribution in [3.63, 3.8) is 0 Å². The maximum Gasteiger partial charge on any atom is 0.295 e. The van der Waals surface area contributed by atoms with Gasteiger partial charge in [-0.3, -0.25) is 14.5 Å². The molecule has 1 aliphatic heterocycles. The van der Waals surface area contributed by atoms with E-state index in [0.29, 0.717) is 28.6 Å². The Kier molecular flexibility index (Phi) is 5.46. The molecule has 5 nitrogen and oxygen atoms in total. The van der Waals surface area contributed by atoms with Gasteiger partial charge in [-0.15, -0.1) is 0 Å². The molecule has 1 amide bonds. The zero-order valence-electron chi connectivity index (χ0n) is 18.2. The molecule has 1 aromatic heterocycles. The van der Waals surface area contributed by atoms with Crippen molar-refractivity contribution >= 4 is 34.2 Å². The Bertz CT molecular complexity index is 1530. The minimum Gasteiger partial charge on any atom is -0.490 e. The van der Waals surface area contributed by atoms with Gasteiger partial charge in [-0.2, -0.15) is 0 Å². The van der Waals surface area contributed by atoms with Crippen LogP contribution in [0.4, 0.5) is 10.1 Å². The summed E-state index contributed by atoms with van der Waals surface area (Å²) in [6.45, 7) is 5.81. The molecule has 0 saturated heterocycles. The summed E-state index contributed by atoms with van der Waals surface area (Å²) >= 11 is 6.37. The van der Waals surface area contributed by atoms with Gasteiger partial charge in [0.05, 0.1) is 17.0 Å². The average Bonchev–Trinajstić information content (AvgIpc) is 3.13. The SMILES string of the molecule is C=CCOc1cccc(C2c3c(oc4ccc(F)cc4c3=O)C(=O)N2c2ccc(C)c(Cl)c2)c1. The number of halogens is 2. The number of amides is 1. The Balaban J connectivity index is 1.77. The van der Waals surface area contributed by atoms with Crippen molar-refractivity contribution in [2.75, 3.05) is 11.5 Å². The lowest BCUT2D eigenvalue weighted by atomic mass is 9.98. The molecule has 0 spiro atoms. The van der Waals surface area contributed by atoms with Gasteiger partial charge in [0, 0.05) is 10.7 Å². The lowest BCUT2D eigenvalue weighted by Crippen LogP contribution is -2.29.